The molecule has 2 N–H and O–H groups in total. The summed E-state index contributed by atoms with van der Waals surface area (Å²) in [5, 5.41) is 1.09. The Balaban J connectivity index is 1.38. The molecular formula is C38H45N5O15S3. The third-order valence-corrected chi connectivity index (χ3v) is 12.7. The fraction of sp³-hybridized carbons (Fsp3) is 0.421. The van der Waals surface area contributed by atoms with Crippen molar-refractivity contribution in [2.24, 2.45) is 4.99 Å². The lowest BCUT2D eigenvalue weighted by atomic mass is 9.81. The lowest BCUT2D eigenvalue weighted by Gasteiger charge is -2.27. The van der Waals surface area contributed by atoms with Crippen LogP contribution in [0.4, 0.5) is 11.5 Å². The van der Waals surface area contributed by atoms with Crippen LogP contribution in [-0.2, 0) is 71.8 Å². The molecule has 0 radical (unpaired) electrons. The van der Waals surface area contributed by atoms with Crippen LogP contribution in [0, 0.1) is 0 Å². The molecule has 2 aromatic rings. The summed E-state index contributed by atoms with van der Waals surface area (Å²) in [5.41, 5.74) is 1.31. The van der Waals surface area contributed by atoms with Crippen LogP contribution in [0.15, 0.2) is 76.4 Å². The lowest BCUT2D eigenvalue weighted by Crippen LogP contribution is -2.39. The molecular weight excluding hydrogens is 863 g/mol. The van der Waals surface area contributed by atoms with E-state index in [1.807, 2.05) is 32.6 Å². The van der Waals surface area contributed by atoms with Crippen molar-refractivity contribution >= 4 is 71.3 Å². The summed E-state index contributed by atoms with van der Waals surface area (Å²) < 4.78 is 102. The van der Waals surface area contributed by atoms with E-state index in [2.05, 4.69) is 0 Å². The molecule has 1 aromatic heterocycles. The predicted octanol–water partition coefficient (Wildman–Crippen LogP) is 2.20. The van der Waals surface area contributed by atoms with E-state index < -0.39 is 83.0 Å². The topological polar surface area (TPSA) is 279 Å². The van der Waals surface area contributed by atoms with E-state index in [9.17, 15) is 58.1 Å². The Morgan fingerprint density at radius 3 is 2.23 bits per heavy atom. The van der Waals surface area contributed by atoms with Crippen LogP contribution in [0.25, 0.3) is 0 Å². The number of nitrogens with zero attached hydrogens (tertiary/aromatic N) is 5. The van der Waals surface area contributed by atoms with E-state index >= 15 is 0 Å². The van der Waals surface area contributed by atoms with Crippen molar-refractivity contribution in [1.29, 1.82) is 0 Å². The van der Waals surface area contributed by atoms with Crippen LogP contribution in [0.2, 0.25) is 0 Å². The third-order valence-electron chi connectivity index (χ3n) is 10.2. The Kier molecular flexibility index (Phi) is 13.6. The number of aliphatic imine (C=N–C) groups is 1. The fourth-order valence-corrected chi connectivity index (χ4v) is 8.54. The minimum atomic E-state index is -4.56. The molecule has 23 heteroatoms. The van der Waals surface area contributed by atoms with E-state index in [0.29, 0.717) is 39.1 Å². The number of hydrogen-bond acceptors (Lipinski definition) is 15. The first kappa shape index (κ1) is 46.9. The number of imide groups is 1. The van der Waals surface area contributed by atoms with E-state index in [1.54, 1.807) is 36.4 Å². The van der Waals surface area contributed by atoms with Gasteiger partial charge in [-0.2, -0.15) is 16.8 Å². The summed E-state index contributed by atoms with van der Waals surface area (Å²) in [6, 6.07) is 5.69. The van der Waals surface area contributed by atoms with Gasteiger partial charge in [0.15, 0.2) is 12.3 Å². The van der Waals surface area contributed by atoms with Crippen molar-refractivity contribution in [3.05, 3.63) is 83.2 Å². The Morgan fingerprint density at radius 1 is 0.934 bits per heavy atom. The number of aryl methyl sites for hydroxylation is 1. The second kappa shape index (κ2) is 17.7. The molecule has 0 saturated carbocycles. The van der Waals surface area contributed by atoms with E-state index in [-0.39, 0.29) is 49.2 Å². The zero-order chi connectivity index (χ0) is 45.3. The largest absolute Gasteiger partial charge is 0.748 e. The molecule has 5 rings (SSSR count). The van der Waals surface area contributed by atoms with Crippen molar-refractivity contribution in [2.75, 3.05) is 36.6 Å². The molecule has 3 aliphatic rings. The smallest absolute Gasteiger partial charge is 0.361 e. The molecule has 0 unspecified atom stereocenters. The van der Waals surface area contributed by atoms with Gasteiger partial charge in [0.1, 0.15) is 6.20 Å². The first-order chi connectivity index (χ1) is 28.2. The number of carbonyl (C=O) groups is 4. The summed E-state index contributed by atoms with van der Waals surface area (Å²) in [7, 11) is -12.1. The summed E-state index contributed by atoms with van der Waals surface area (Å²) in [6.07, 6.45) is 9.72. The van der Waals surface area contributed by atoms with Crippen molar-refractivity contribution in [3.8, 4) is 0 Å². The van der Waals surface area contributed by atoms with E-state index in [0.717, 1.165) is 5.06 Å². The van der Waals surface area contributed by atoms with Crippen LogP contribution in [0.5, 0.6) is 0 Å². The highest BCUT2D eigenvalue weighted by Crippen LogP contribution is 2.48. The molecule has 0 spiro atoms. The molecule has 1 saturated heterocycles. The van der Waals surface area contributed by atoms with Crippen LogP contribution in [0.1, 0.15) is 74.9 Å². The van der Waals surface area contributed by atoms with Crippen LogP contribution >= 0.6 is 0 Å². The molecule has 20 nitrogen and oxygen atoms in total. The molecule has 61 heavy (non-hydrogen) atoms. The predicted molar refractivity (Wildman–Crippen MR) is 215 cm³/mol. The number of aromatic nitrogens is 1. The number of carbonyl (C=O) groups excluding carboxylic acids is 4. The van der Waals surface area contributed by atoms with Gasteiger partial charge in [0.05, 0.1) is 43.9 Å². The Hall–Kier alpha value is -5.17. The maximum absolute atomic E-state index is 13.6. The SMILES string of the molecule is CN(OCC(=O)ON1C(=O)CCC1=O)C(=O)c1cc2c([n+](CCCS(=O)(=O)[O-])c1)N=C(/C=C/C=C/C=C1/N(CCCS(=O)(=O)O)c3ccc(S(=O)(=O)O)cc3C1(C)C)C2(C)C. The van der Waals surface area contributed by atoms with Gasteiger partial charge in [-0.25, -0.2) is 22.8 Å². The second-order valence-corrected chi connectivity index (χ2v) is 19.9. The third kappa shape index (κ3) is 11.0. The maximum Gasteiger partial charge on any atom is 0.361 e. The summed E-state index contributed by atoms with van der Waals surface area (Å²) in [4.78, 5) is 65.7. The average molecular weight is 908 g/mol. The highest BCUT2D eigenvalue weighted by atomic mass is 32.2. The summed E-state index contributed by atoms with van der Waals surface area (Å²) in [5.74, 6) is -4.02. The number of pyridine rings is 1. The van der Waals surface area contributed by atoms with Crippen LogP contribution in [0.3, 0.4) is 0 Å². The first-order valence-corrected chi connectivity index (χ1v) is 23.3. The Bertz CT molecular complexity index is 2600. The lowest BCUT2D eigenvalue weighted by molar-refractivity contribution is -0.684. The number of rotatable bonds is 17. The van der Waals surface area contributed by atoms with Crippen molar-refractivity contribution in [1.82, 2.24) is 10.1 Å². The number of benzene rings is 1. The highest BCUT2D eigenvalue weighted by Gasteiger charge is 2.44. The standard InChI is InChI=1S/C38H45N5O15S3/c1-37(2)28-21-25(36(47)40(5)57-24-34(46)58-43-32(44)15-16-33(43)45)23-41(17-9-19-59(48,49)50)35(28)39-30(37)11-7-6-8-12-31-38(3,4)27-22-26(61(54,55)56)13-14-29(27)42(31)18-10-20-60(51,52)53/h6-8,11-14,21-23H,9-10,15-20,24H2,1-5H3,(H2-,48,49,50,51,52,53,54,55,56). The van der Waals surface area contributed by atoms with Crippen LogP contribution in [-0.4, -0.2) is 110 Å². The molecule has 1 fully saturated rings. The average Bonchev–Trinajstić information content (AvgIpc) is 3.68. The number of anilines is 1. The monoisotopic (exact) mass is 907 g/mol. The van der Waals surface area contributed by atoms with Crippen molar-refractivity contribution < 1.29 is 72.3 Å². The minimum absolute atomic E-state index is 0.0194. The van der Waals surface area contributed by atoms with Crippen molar-refractivity contribution in [2.45, 2.75) is 75.6 Å². The maximum atomic E-state index is 13.6. The van der Waals surface area contributed by atoms with Gasteiger partial charge >= 0.3 is 11.8 Å². The molecule has 0 aliphatic carbocycles. The minimum Gasteiger partial charge on any atom is -0.748 e. The molecule has 0 atom stereocenters. The number of hydrogen-bond donors (Lipinski definition) is 2. The number of fused-ring (bicyclic) bond motifs is 2. The van der Waals surface area contributed by atoms with Gasteiger partial charge in [0.25, 0.3) is 38.0 Å². The summed E-state index contributed by atoms with van der Waals surface area (Å²) in [6.45, 7) is 6.67. The zero-order valence-electron chi connectivity index (χ0n) is 33.8. The number of amides is 3. The highest BCUT2D eigenvalue weighted by molar-refractivity contribution is 7.86. The van der Waals surface area contributed by atoms with Gasteiger partial charge in [-0.05, 0) is 73.7 Å². The molecule has 1 aromatic carbocycles. The molecule has 3 aliphatic heterocycles. The number of hydroxylamine groups is 4. The molecule has 0 bridgehead atoms. The quantitative estimate of drug-likeness (QED) is 0.0757. The zero-order valence-corrected chi connectivity index (χ0v) is 36.2. The van der Waals surface area contributed by atoms with Gasteiger partial charge < -0.3 is 14.3 Å². The fourth-order valence-electron chi connectivity index (χ4n) is 7.06. The normalized spacial score (nSPS) is 18.0. The number of allylic oxidation sites excluding steroid dienone is 6. The summed E-state index contributed by atoms with van der Waals surface area (Å²) >= 11 is 0. The van der Waals surface area contributed by atoms with Gasteiger partial charge in [0, 0.05) is 49.0 Å². The van der Waals surface area contributed by atoms with Crippen molar-refractivity contribution in [3.63, 3.8) is 0 Å². The Morgan fingerprint density at radius 2 is 1.61 bits per heavy atom. The molecule has 330 valence electrons. The molecule has 3 amide bonds. The van der Waals surface area contributed by atoms with Crippen LogP contribution < -0.4 is 9.47 Å². The van der Waals surface area contributed by atoms with Gasteiger partial charge in [-0.15, -0.1) is 5.06 Å². The van der Waals surface area contributed by atoms with E-state index in [1.165, 1.54) is 36.0 Å². The van der Waals surface area contributed by atoms with Gasteiger partial charge in [-0.1, -0.05) is 32.1 Å². The van der Waals surface area contributed by atoms with Gasteiger partial charge in [0.2, 0.25) is 0 Å². The van der Waals surface area contributed by atoms with Gasteiger partial charge in [-0.3, -0.25) is 28.3 Å². The second-order valence-electron chi connectivity index (χ2n) is 15.4. The Labute approximate surface area is 353 Å². The molecule has 4 heterocycles. The first-order valence-electron chi connectivity index (χ1n) is 18.7. The van der Waals surface area contributed by atoms with E-state index in [4.69, 9.17) is 14.7 Å².